The van der Waals surface area contributed by atoms with E-state index >= 15 is 0 Å². The maximum Gasteiger partial charge on any atom is 0.416 e. The van der Waals surface area contributed by atoms with Crippen LogP contribution in [0.15, 0.2) is 29.3 Å². The van der Waals surface area contributed by atoms with Gasteiger partial charge in [-0.2, -0.15) is 13.2 Å². The molecule has 1 aromatic carbocycles. The van der Waals surface area contributed by atoms with Crippen molar-refractivity contribution < 1.29 is 33.0 Å². The molecule has 1 amide bonds. The number of carboxylic acids is 1. The first-order valence-corrected chi connectivity index (χ1v) is 6.96. The van der Waals surface area contributed by atoms with Gasteiger partial charge >= 0.3 is 18.2 Å². The molecule has 128 valence electrons. The number of carbonyl (C=O) groups is 2. The average molecular weight is 360 g/mol. The van der Waals surface area contributed by atoms with Crippen molar-refractivity contribution in [1.29, 1.82) is 0 Å². The third-order valence-electron chi connectivity index (χ3n) is 3.58. The van der Waals surface area contributed by atoms with Crippen molar-refractivity contribution in [2.24, 2.45) is 10.9 Å². The van der Waals surface area contributed by atoms with Crippen LogP contribution in [0.5, 0.6) is 0 Å². The van der Waals surface area contributed by atoms with Crippen molar-refractivity contribution in [3.63, 3.8) is 0 Å². The molecule has 0 bridgehead atoms. The van der Waals surface area contributed by atoms with Crippen LogP contribution in [-0.2, 0) is 11.0 Å². The first-order valence-electron chi connectivity index (χ1n) is 6.56. The summed E-state index contributed by atoms with van der Waals surface area (Å²) in [7, 11) is 0. The highest BCUT2D eigenvalue weighted by Crippen LogP contribution is 2.41. The number of aliphatic carboxylic acids is 1. The molecule has 1 aromatic rings. The van der Waals surface area contributed by atoms with Gasteiger partial charge in [0.25, 0.3) is 0 Å². The van der Waals surface area contributed by atoms with Gasteiger partial charge in [-0.15, -0.1) is 0 Å². The molecule has 1 aliphatic rings. The average Bonchev–Trinajstić information content (AvgIpc) is 2.44. The van der Waals surface area contributed by atoms with Gasteiger partial charge in [0.1, 0.15) is 5.92 Å². The van der Waals surface area contributed by atoms with Crippen LogP contribution in [0.4, 0.5) is 18.0 Å². The Bertz CT molecular complexity index is 748. The lowest BCUT2D eigenvalue weighted by molar-refractivity contribution is -0.143. The lowest BCUT2D eigenvalue weighted by atomic mass is 9.85. The van der Waals surface area contributed by atoms with Crippen molar-refractivity contribution in [2.75, 3.05) is 0 Å². The molecule has 2 atom stereocenters. The van der Waals surface area contributed by atoms with E-state index in [1.165, 1.54) is 13.0 Å². The third kappa shape index (κ3) is 3.09. The van der Waals surface area contributed by atoms with Crippen LogP contribution in [0.2, 0.25) is 0 Å². The fourth-order valence-electron chi connectivity index (χ4n) is 2.62. The number of nitrogens with zero attached hydrogens (tertiary/aromatic N) is 2. The fraction of sp³-hybridized carbons (Fsp3) is 0.286. The number of thiocarbonyl (C=S) groups is 1. The maximum atomic E-state index is 13.3. The van der Waals surface area contributed by atoms with E-state index < -0.39 is 46.4 Å². The van der Waals surface area contributed by atoms with Crippen molar-refractivity contribution in [1.82, 2.24) is 4.90 Å². The van der Waals surface area contributed by atoms with E-state index in [2.05, 4.69) is 4.99 Å². The quantitative estimate of drug-likeness (QED) is 0.791. The Balaban J connectivity index is 2.76. The summed E-state index contributed by atoms with van der Waals surface area (Å²) in [4.78, 5) is 27.1. The summed E-state index contributed by atoms with van der Waals surface area (Å²) in [6.45, 7) is 1.29. The predicted octanol–water partition coefficient (Wildman–Crippen LogP) is 3.19. The number of hydrogen-bond acceptors (Lipinski definition) is 3. The van der Waals surface area contributed by atoms with Crippen molar-refractivity contribution >= 4 is 35.1 Å². The SMILES string of the molecule is CC1=NC(=S)N(C(=O)O)C(c2ccccc2C(F)(F)F)C1C(=O)O. The van der Waals surface area contributed by atoms with Crippen molar-refractivity contribution in [3.05, 3.63) is 35.4 Å². The topological polar surface area (TPSA) is 90.2 Å². The van der Waals surface area contributed by atoms with Gasteiger partial charge in [0, 0.05) is 5.71 Å². The molecule has 2 unspecified atom stereocenters. The van der Waals surface area contributed by atoms with Crippen LogP contribution >= 0.6 is 12.2 Å². The number of alkyl halides is 3. The molecule has 0 fully saturated rings. The number of halogens is 3. The highest BCUT2D eigenvalue weighted by molar-refractivity contribution is 7.80. The second kappa shape index (κ2) is 6.19. The summed E-state index contributed by atoms with van der Waals surface area (Å²) in [6.07, 6.45) is -6.46. The molecule has 0 saturated heterocycles. The lowest BCUT2D eigenvalue weighted by Gasteiger charge is -2.37. The van der Waals surface area contributed by atoms with E-state index in [9.17, 15) is 33.0 Å². The standard InChI is InChI=1S/C14H11F3N2O4S/c1-6-9(11(20)21)10(19(13(22)23)12(24)18-6)7-4-2-3-5-8(7)14(15,16)17/h2-5,9-10H,1H3,(H,20,21)(H,22,23). The van der Waals surface area contributed by atoms with Crippen LogP contribution in [-0.4, -0.2) is 38.0 Å². The Labute approximate surface area is 139 Å². The minimum Gasteiger partial charge on any atom is -0.481 e. The lowest BCUT2D eigenvalue weighted by Crippen LogP contribution is -2.49. The van der Waals surface area contributed by atoms with E-state index in [1.807, 2.05) is 0 Å². The number of hydrogen-bond donors (Lipinski definition) is 2. The Morgan fingerprint density at radius 1 is 1.25 bits per heavy atom. The third-order valence-corrected chi connectivity index (χ3v) is 3.87. The summed E-state index contributed by atoms with van der Waals surface area (Å²) in [5.41, 5.74) is -1.67. The Morgan fingerprint density at radius 3 is 2.33 bits per heavy atom. The largest absolute Gasteiger partial charge is 0.481 e. The van der Waals surface area contributed by atoms with Gasteiger partial charge < -0.3 is 10.2 Å². The maximum absolute atomic E-state index is 13.3. The Hall–Kier alpha value is -2.49. The summed E-state index contributed by atoms with van der Waals surface area (Å²) < 4.78 is 39.8. The van der Waals surface area contributed by atoms with Gasteiger partial charge in [0.05, 0.1) is 11.6 Å². The van der Waals surface area contributed by atoms with Gasteiger partial charge in [0.15, 0.2) is 0 Å². The molecule has 2 N–H and O–H groups in total. The highest BCUT2D eigenvalue weighted by atomic mass is 32.1. The molecule has 10 heteroatoms. The van der Waals surface area contributed by atoms with E-state index in [1.54, 1.807) is 0 Å². The zero-order valence-electron chi connectivity index (χ0n) is 12.1. The molecule has 2 rings (SSSR count). The molecule has 0 aromatic heterocycles. The number of aliphatic imine (C=N–C) groups is 1. The molecular weight excluding hydrogens is 349 g/mol. The number of amides is 1. The minimum atomic E-state index is -4.78. The molecule has 0 radical (unpaired) electrons. The second-order valence-corrected chi connectivity index (χ2v) is 5.40. The normalized spacial score (nSPS) is 21.4. The Kier molecular flexibility index (Phi) is 4.61. The molecule has 1 aliphatic heterocycles. The molecular formula is C14H11F3N2O4S. The van der Waals surface area contributed by atoms with Crippen LogP contribution in [0, 0.1) is 5.92 Å². The first kappa shape index (κ1) is 17.9. The van der Waals surface area contributed by atoms with Gasteiger partial charge in [-0.05, 0) is 30.8 Å². The molecule has 0 spiro atoms. The number of carboxylic acid groups (broad SMARTS) is 2. The monoisotopic (exact) mass is 360 g/mol. The van der Waals surface area contributed by atoms with E-state index in [0.29, 0.717) is 4.90 Å². The summed E-state index contributed by atoms with van der Waals surface area (Å²) in [6, 6.07) is 2.55. The molecule has 0 aliphatic carbocycles. The highest BCUT2D eigenvalue weighted by Gasteiger charge is 2.47. The molecule has 0 saturated carbocycles. The molecule has 24 heavy (non-hydrogen) atoms. The van der Waals surface area contributed by atoms with Crippen molar-refractivity contribution in [3.8, 4) is 0 Å². The minimum absolute atomic E-state index is 0.0630. The zero-order chi connectivity index (χ0) is 18.2. The number of rotatable bonds is 2. The van der Waals surface area contributed by atoms with Crippen LogP contribution in [0.1, 0.15) is 24.1 Å². The summed E-state index contributed by atoms with van der Waals surface area (Å²) in [5, 5.41) is 18.2. The van der Waals surface area contributed by atoms with Gasteiger partial charge in [-0.1, -0.05) is 18.2 Å². The number of benzene rings is 1. The van der Waals surface area contributed by atoms with Crippen LogP contribution in [0.3, 0.4) is 0 Å². The summed E-state index contributed by atoms with van der Waals surface area (Å²) >= 11 is 4.82. The van der Waals surface area contributed by atoms with Crippen LogP contribution in [0.25, 0.3) is 0 Å². The smallest absolute Gasteiger partial charge is 0.416 e. The van der Waals surface area contributed by atoms with E-state index in [0.717, 1.165) is 18.2 Å². The zero-order valence-corrected chi connectivity index (χ0v) is 12.9. The first-order chi connectivity index (χ1) is 11.1. The van der Waals surface area contributed by atoms with Gasteiger partial charge in [-0.3, -0.25) is 4.79 Å². The van der Waals surface area contributed by atoms with Gasteiger partial charge in [0.2, 0.25) is 5.11 Å². The van der Waals surface area contributed by atoms with E-state index in [4.69, 9.17) is 12.2 Å². The predicted molar refractivity (Wildman–Crippen MR) is 80.9 cm³/mol. The van der Waals surface area contributed by atoms with Crippen molar-refractivity contribution in [2.45, 2.75) is 19.1 Å². The molecule has 1 heterocycles. The van der Waals surface area contributed by atoms with Gasteiger partial charge in [-0.25, -0.2) is 14.7 Å². The second-order valence-electron chi connectivity index (χ2n) is 5.03. The summed E-state index contributed by atoms with van der Waals surface area (Å²) in [5.74, 6) is -3.08. The van der Waals surface area contributed by atoms with Crippen LogP contribution < -0.4 is 0 Å². The van der Waals surface area contributed by atoms with E-state index in [-0.39, 0.29) is 5.71 Å². The fourth-order valence-corrected chi connectivity index (χ4v) is 2.95. The Morgan fingerprint density at radius 2 is 1.83 bits per heavy atom. The molecule has 6 nitrogen and oxygen atoms in total.